The first kappa shape index (κ1) is 15.5. The molecule has 0 fully saturated rings. The summed E-state index contributed by atoms with van der Waals surface area (Å²) in [5.41, 5.74) is 1.21. The molecular formula is C15H25NSSi. The standard InChI is InChI=1S/C15H25NSSi/c1-5-6-7-12-16-13-14-8-10-15(11-9-14)17-18(2,3)4/h8-11,13H,5-7,12H2,1-4H3/b16-13+. The summed E-state index contributed by atoms with van der Waals surface area (Å²) in [6.45, 7) is 10.3. The number of hydrogen-bond acceptors (Lipinski definition) is 2. The van der Waals surface area contributed by atoms with Crippen LogP contribution in [0.2, 0.25) is 19.6 Å². The van der Waals surface area contributed by atoms with Crippen LogP contribution in [0.1, 0.15) is 31.7 Å². The van der Waals surface area contributed by atoms with E-state index in [4.69, 9.17) is 0 Å². The molecule has 0 saturated heterocycles. The van der Waals surface area contributed by atoms with Crippen molar-refractivity contribution in [1.29, 1.82) is 0 Å². The van der Waals surface area contributed by atoms with E-state index in [1.807, 2.05) is 17.4 Å². The van der Waals surface area contributed by atoms with Gasteiger partial charge in [0.1, 0.15) is 7.22 Å². The van der Waals surface area contributed by atoms with Gasteiger partial charge in [-0.15, -0.1) is 0 Å². The van der Waals surface area contributed by atoms with E-state index in [2.05, 4.69) is 55.8 Å². The summed E-state index contributed by atoms with van der Waals surface area (Å²) in [7, 11) is -1.07. The Bertz CT molecular complexity index is 365. The SMILES string of the molecule is CCCCC/N=C/c1ccc(S[Si](C)(C)C)cc1. The molecule has 0 unspecified atom stereocenters. The van der Waals surface area contributed by atoms with Gasteiger partial charge in [-0.1, -0.05) is 51.5 Å². The minimum Gasteiger partial charge on any atom is -0.293 e. The van der Waals surface area contributed by atoms with Crippen LogP contribution in [0.5, 0.6) is 0 Å². The zero-order chi connectivity index (χ0) is 13.4. The third-order valence-electron chi connectivity index (χ3n) is 2.44. The van der Waals surface area contributed by atoms with Crippen molar-refractivity contribution < 1.29 is 0 Å². The molecule has 0 saturated carbocycles. The van der Waals surface area contributed by atoms with Crippen molar-refractivity contribution in [3.05, 3.63) is 29.8 Å². The molecular weight excluding hydrogens is 254 g/mol. The van der Waals surface area contributed by atoms with E-state index in [1.54, 1.807) is 0 Å². The van der Waals surface area contributed by atoms with Crippen molar-refractivity contribution in [1.82, 2.24) is 0 Å². The maximum Gasteiger partial charge on any atom is 0.114 e. The lowest BCUT2D eigenvalue weighted by molar-refractivity contribution is 0.729. The lowest BCUT2D eigenvalue weighted by Crippen LogP contribution is -2.13. The maximum atomic E-state index is 4.46. The summed E-state index contributed by atoms with van der Waals surface area (Å²) >= 11 is 2.04. The first-order valence-electron chi connectivity index (χ1n) is 6.80. The molecule has 1 aromatic carbocycles. The van der Waals surface area contributed by atoms with Crippen LogP contribution in [0.15, 0.2) is 34.2 Å². The van der Waals surface area contributed by atoms with Gasteiger partial charge in [0, 0.05) is 17.7 Å². The fourth-order valence-corrected chi connectivity index (χ4v) is 5.11. The zero-order valence-electron chi connectivity index (χ0n) is 12.1. The Morgan fingerprint density at radius 1 is 1.11 bits per heavy atom. The first-order valence-corrected chi connectivity index (χ1v) is 11.8. The lowest BCUT2D eigenvalue weighted by Gasteiger charge is -2.14. The topological polar surface area (TPSA) is 12.4 Å². The van der Waals surface area contributed by atoms with E-state index in [9.17, 15) is 0 Å². The maximum absolute atomic E-state index is 4.46. The van der Waals surface area contributed by atoms with Gasteiger partial charge in [0.05, 0.1) is 0 Å². The van der Waals surface area contributed by atoms with E-state index in [0.717, 1.165) is 6.54 Å². The quantitative estimate of drug-likeness (QED) is 0.378. The molecule has 18 heavy (non-hydrogen) atoms. The molecule has 0 heterocycles. The molecule has 0 radical (unpaired) electrons. The Kier molecular flexibility index (Phi) is 6.72. The monoisotopic (exact) mass is 279 g/mol. The largest absolute Gasteiger partial charge is 0.293 e. The van der Waals surface area contributed by atoms with Gasteiger partial charge in [0.2, 0.25) is 0 Å². The molecule has 3 heteroatoms. The summed E-state index contributed by atoms with van der Waals surface area (Å²) in [5, 5.41) is 0. The van der Waals surface area contributed by atoms with Gasteiger partial charge in [-0.2, -0.15) is 11.2 Å². The normalized spacial score (nSPS) is 12.2. The van der Waals surface area contributed by atoms with E-state index >= 15 is 0 Å². The number of nitrogens with zero attached hydrogens (tertiary/aromatic N) is 1. The molecule has 0 atom stereocenters. The summed E-state index contributed by atoms with van der Waals surface area (Å²) < 4.78 is 0. The van der Waals surface area contributed by atoms with Crippen LogP contribution in [0, 0.1) is 0 Å². The highest BCUT2D eigenvalue weighted by molar-refractivity contribution is 8.28. The third-order valence-corrected chi connectivity index (χ3v) is 6.10. The predicted octanol–water partition coefficient (Wildman–Crippen LogP) is 5.22. The highest BCUT2D eigenvalue weighted by Gasteiger charge is 2.14. The van der Waals surface area contributed by atoms with Crippen molar-refractivity contribution in [3.8, 4) is 0 Å². The van der Waals surface area contributed by atoms with Crippen molar-refractivity contribution in [2.24, 2.45) is 4.99 Å². The van der Waals surface area contributed by atoms with Crippen molar-refractivity contribution in [3.63, 3.8) is 0 Å². The Morgan fingerprint density at radius 2 is 1.78 bits per heavy atom. The molecule has 0 spiro atoms. The predicted molar refractivity (Wildman–Crippen MR) is 87.6 cm³/mol. The third kappa shape index (κ3) is 7.02. The number of aliphatic imine (C=N–C) groups is 1. The van der Waals surface area contributed by atoms with Crippen LogP contribution in [0.25, 0.3) is 0 Å². The van der Waals surface area contributed by atoms with Crippen molar-refractivity contribution >= 4 is 24.6 Å². The number of hydrogen-bond donors (Lipinski definition) is 0. The van der Waals surface area contributed by atoms with E-state index in [-0.39, 0.29) is 0 Å². The van der Waals surface area contributed by atoms with Gasteiger partial charge in [0.15, 0.2) is 0 Å². The molecule has 0 aliphatic carbocycles. The van der Waals surface area contributed by atoms with Crippen LogP contribution >= 0.6 is 11.2 Å². The van der Waals surface area contributed by atoms with Gasteiger partial charge < -0.3 is 0 Å². The first-order chi connectivity index (χ1) is 8.51. The highest BCUT2D eigenvalue weighted by Crippen LogP contribution is 2.28. The average molecular weight is 280 g/mol. The molecule has 1 aromatic rings. The molecule has 1 nitrogen and oxygen atoms in total. The Morgan fingerprint density at radius 3 is 2.33 bits per heavy atom. The molecule has 0 aliphatic rings. The second-order valence-corrected chi connectivity index (χ2v) is 14.7. The van der Waals surface area contributed by atoms with E-state index in [1.165, 1.54) is 29.7 Å². The molecule has 0 aliphatic heterocycles. The van der Waals surface area contributed by atoms with Crippen molar-refractivity contribution in [2.45, 2.75) is 50.7 Å². The van der Waals surface area contributed by atoms with Gasteiger partial charge in [-0.25, -0.2) is 0 Å². The Balaban J connectivity index is 2.45. The van der Waals surface area contributed by atoms with Crippen LogP contribution < -0.4 is 0 Å². The van der Waals surface area contributed by atoms with Gasteiger partial charge >= 0.3 is 0 Å². The summed E-state index contributed by atoms with van der Waals surface area (Å²) in [4.78, 5) is 5.85. The van der Waals surface area contributed by atoms with Crippen LogP contribution in [0.4, 0.5) is 0 Å². The number of unbranched alkanes of at least 4 members (excludes halogenated alkanes) is 2. The van der Waals surface area contributed by atoms with Crippen molar-refractivity contribution in [2.75, 3.05) is 6.54 Å². The lowest BCUT2D eigenvalue weighted by atomic mass is 10.2. The Labute approximate surface area is 117 Å². The highest BCUT2D eigenvalue weighted by atomic mass is 32.4. The van der Waals surface area contributed by atoms with E-state index < -0.39 is 7.22 Å². The Hall–Kier alpha value is -0.543. The summed E-state index contributed by atoms with van der Waals surface area (Å²) in [5.74, 6) is 0. The minimum absolute atomic E-state index is 0.958. The molecule has 100 valence electrons. The number of rotatable bonds is 7. The van der Waals surface area contributed by atoms with Crippen LogP contribution in [0.3, 0.4) is 0 Å². The second-order valence-electron chi connectivity index (χ2n) is 5.53. The molecule has 0 aromatic heterocycles. The van der Waals surface area contributed by atoms with Crippen LogP contribution in [-0.4, -0.2) is 20.0 Å². The van der Waals surface area contributed by atoms with Gasteiger partial charge in [-0.3, -0.25) is 4.99 Å². The zero-order valence-corrected chi connectivity index (χ0v) is 13.9. The average Bonchev–Trinajstić information content (AvgIpc) is 2.29. The summed E-state index contributed by atoms with van der Waals surface area (Å²) in [6, 6.07) is 8.78. The van der Waals surface area contributed by atoms with Gasteiger partial charge in [0.25, 0.3) is 0 Å². The van der Waals surface area contributed by atoms with Crippen LogP contribution in [-0.2, 0) is 0 Å². The van der Waals surface area contributed by atoms with E-state index in [0.29, 0.717) is 0 Å². The molecule has 0 bridgehead atoms. The molecule has 0 N–H and O–H groups in total. The second kappa shape index (κ2) is 7.80. The summed E-state index contributed by atoms with van der Waals surface area (Å²) in [6.07, 6.45) is 5.75. The number of benzene rings is 1. The smallest absolute Gasteiger partial charge is 0.114 e. The minimum atomic E-state index is -1.07. The fourth-order valence-electron chi connectivity index (χ4n) is 1.60. The fraction of sp³-hybridized carbons (Fsp3) is 0.533. The van der Waals surface area contributed by atoms with Gasteiger partial charge in [-0.05, 0) is 24.1 Å². The molecule has 1 rings (SSSR count). The molecule has 0 amide bonds.